The van der Waals surface area contributed by atoms with E-state index < -0.39 is 12.7 Å². The fourth-order valence-corrected chi connectivity index (χ4v) is 4.90. The van der Waals surface area contributed by atoms with Crippen LogP contribution in [-0.4, -0.2) is 19.3 Å². The summed E-state index contributed by atoms with van der Waals surface area (Å²) in [6.45, 7) is 7.62. The molecule has 0 saturated heterocycles. The molecule has 11 heavy (non-hydrogen) atoms. The van der Waals surface area contributed by atoms with Gasteiger partial charge in [0.15, 0.2) is 0 Å². The highest BCUT2D eigenvalue weighted by Crippen LogP contribution is 2.11. The third kappa shape index (κ3) is 8.88. The van der Waals surface area contributed by atoms with Crippen molar-refractivity contribution in [3.05, 3.63) is 0 Å². The topological polar surface area (TPSA) is 9.23 Å². The molecule has 0 amide bonds. The summed E-state index contributed by atoms with van der Waals surface area (Å²) in [7, 11) is 0. The van der Waals surface area contributed by atoms with E-state index in [1.54, 1.807) is 0 Å². The number of unbranched alkanes of at least 4 members (excludes halogenated alkanes) is 1. The zero-order valence-electron chi connectivity index (χ0n) is 7.77. The summed E-state index contributed by atoms with van der Waals surface area (Å²) in [6.07, 6.45) is 2.43. The van der Waals surface area contributed by atoms with E-state index in [4.69, 9.17) is 3.79 Å². The van der Waals surface area contributed by atoms with Crippen molar-refractivity contribution in [1.82, 2.24) is 0 Å². The fraction of sp³-hybridized carbons (Fsp3) is 1.00. The summed E-state index contributed by atoms with van der Waals surface area (Å²) in [5.41, 5.74) is 0. The second-order valence-electron chi connectivity index (χ2n) is 3.26. The van der Waals surface area contributed by atoms with Crippen molar-refractivity contribution in [3.63, 3.8) is 0 Å². The van der Waals surface area contributed by atoms with Gasteiger partial charge in [-0.2, -0.15) is 14.1 Å². The molecule has 0 fully saturated rings. The zero-order valence-corrected chi connectivity index (χ0v) is 10.5. The van der Waals surface area contributed by atoms with Crippen LogP contribution in [0.4, 0.5) is 0 Å². The Bertz CT molecular complexity index is 88.2. The Morgan fingerprint density at radius 3 is 2.55 bits per heavy atom. The molecule has 0 aromatic carbocycles. The summed E-state index contributed by atoms with van der Waals surface area (Å²) in [5, 5.41) is 1.24. The summed E-state index contributed by atoms with van der Waals surface area (Å²) in [4.78, 5) is 0. The third-order valence-electron chi connectivity index (χ3n) is 1.45. The van der Waals surface area contributed by atoms with E-state index in [0.29, 0.717) is 0 Å². The van der Waals surface area contributed by atoms with E-state index in [1.165, 1.54) is 18.1 Å². The third-order valence-corrected chi connectivity index (χ3v) is 5.28. The maximum absolute atomic E-state index is 5.65. The van der Waals surface area contributed by atoms with E-state index >= 15 is 0 Å². The van der Waals surface area contributed by atoms with Crippen LogP contribution in [0.2, 0.25) is 5.28 Å². The lowest BCUT2D eigenvalue weighted by Gasteiger charge is -2.08. The van der Waals surface area contributed by atoms with Crippen LogP contribution in [0.15, 0.2) is 0 Å². The molecule has 0 aromatic rings. The molecular formula is C8H18AlBrO. The molecule has 0 aromatic heterocycles. The van der Waals surface area contributed by atoms with Gasteiger partial charge >= 0.3 is 12.7 Å². The van der Waals surface area contributed by atoms with Gasteiger partial charge in [-0.05, 0) is 6.42 Å². The maximum Gasteiger partial charge on any atom is 0.557 e. The van der Waals surface area contributed by atoms with Gasteiger partial charge in [0.1, 0.15) is 0 Å². The van der Waals surface area contributed by atoms with Crippen molar-refractivity contribution in [2.75, 3.05) is 6.61 Å². The van der Waals surface area contributed by atoms with Gasteiger partial charge in [-0.3, -0.25) is 0 Å². The number of hydrogen-bond acceptors (Lipinski definition) is 1. The molecule has 3 heteroatoms. The molecule has 0 atom stereocenters. The van der Waals surface area contributed by atoms with Gasteiger partial charge in [0.25, 0.3) is 0 Å². The van der Waals surface area contributed by atoms with Crippen molar-refractivity contribution in [3.8, 4) is 0 Å². The van der Waals surface area contributed by atoms with Gasteiger partial charge in [0.2, 0.25) is 0 Å². The first-order valence-corrected chi connectivity index (χ1v) is 8.89. The molecule has 0 aliphatic rings. The Morgan fingerprint density at radius 2 is 2.09 bits per heavy atom. The lowest BCUT2D eigenvalue weighted by molar-refractivity contribution is 0.319. The summed E-state index contributed by atoms with van der Waals surface area (Å²) >= 11 is 2.65. The van der Waals surface area contributed by atoms with Crippen molar-refractivity contribution in [2.45, 2.75) is 38.9 Å². The van der Waals surface area contributed by atoms with Gasteiger partial charge in [-0.25, -0.2) is 0 Å². The quantitative estimate of drug-likeness (QED) is 0.508. The van der Waals surface area contributed by atoms with Crippen LogP contribution in [0.25, 0.3) is 0 Å². The van der Waals surface area contributed by atoms with E-state index in [-0.39, 0.29) is 0 Å². The first kappa shape index (κ1) is 12.0. The van der Waals surface area contributed by atoms with Crippen LogP contribution >= 0.6 is 14.1 Å². The second kappa shape index (κ2) is 7.61. The summed E-state index contributed by atoms with van der Waals surface area (Å²) < 4.78 is 5.65. The Balaban J connectivity index is 3.15. The monoisotopic (exact) mass is 236 g/mol. The molecule has 0 unspecified atom stereocenters. The molecule has 0 radical (unpaired) electrons. The predicted octanol–water partition coefficient (Wildman–Crippen LogP) is 3.34. The Morgan fingerprint density at radius 1 is 1.45 bits per heavy atom. The van der Waals surface area contributed by atoms with Gasteiger partial charge in [-0.15, -0.1) is 0 Å². The van der Waals surface area contributed by atoms with Crippen LogP contribution < -0.4 is 0 Å². The first-order valence-electron chi connectivity index (χ1n) is 4.42. The minimum atomic E-state index is -0.979. The fourth-order valence-electron chi connectivity index (χ4n) is 0.794. The molecule has 0 spiro atoms. The molecule has 0 saturated carbocycles. The van der Waals surface area contributed by atoms with Crippen LogP contribution in [0.1, 0.15) is 33.6 Å². The Labute approximate surface area is 81.9 Å². The summed E-state index contributed by atoms with van der Waals surface area (Å²) in [6, 6.07) is 0. The maximum atomic E-state index is 5.65. The van der Waals surface area contributed by atoms with Gasteiger partial charge in [-0.1, -0.05) is 38.4 Å². The van der Waals surface area contributed by atoms with Crippen LogP contribution in [0.5, 0.6) is 0 Å². The van der Waals surface area contributed by atoms with E-state index in [1.807, 2.05) is 0 Å². The number of rotatable bonds is 6. The highest BCUT2D eigenvalue weighted by atomic mass is 79.9. The molecule has 0 aliphatic heterocycles. The number of halogens is 1. The van der Waals surface area contributed by atoms with Crippen molar-refractivity contribution >= 4 is 26.7 Å². The van der Waals surface area contributed by atoms with E-state index in [0.717, 1.165) is 12.5 Å². The van der Waals surface area contributed by atoms with Crippen molar-refractivity contribution in [1.29, 1.82) is 0 Å². The molecule has 66 valence electrons. The zero-order chi connectivity index (χ0) is 8.69. The average Bonchev–Trinajstić information content (AvgIpc) is 1.86. The van der Waals surface area contributed by atoms with Crippen LogP contribution in [0.3, 0.4) is 0 Å². The minimum absolute atomic E-state index is 0.771. The second-order valence-corrected chi connectivity index (χ2v) is 7.95. The molecule has 0 bridgehead atoms. The largest absolute Gasteiger partial charge is 0.557 e. The normalized spacial score (nSPS) is 10.6. The van der Waals surface area contributed by atoms with Crippen molar-refractivity contribution in [2.24, 2.45) is 5.92 Å². The molecule has 0 heterocycles. The molecule has 0 aliphatic carbocycles. The molecule has 1 nitrogen and oxygen atoms in total. The molecular weight excluding hydrogens is 219 g/mol. The summed E-state index contributed by atoms with van der Waals surface area (Å²) in [5.74, 6) is 0.771. The highest BCUT2D eigenvalue weighted by Gasteiger charge is 2.17. The van der Waals surface area contributed by atoms with Gasteiger partial charge in [0.05, 0.1) is 0 Å². The smallest absolute Gasteiger partial charge is 0.492 e. The van der Waals surface area contributed by atoms with Crippen LogP contribution in [0, 0.1) is 5.92 Å². The number of hydrogen-bond donors (Lipinski definition) is 0. The standard InChI is InChI=1S/C4H9O.C4H9.Al.BrH/c1-2-3-4-5;1-4(2)3;;/h2-4H2,1H3;4H,1H2,2-3H3;;1H/q-1;;+2;/p-1. The molecule has 0 rings (SSSR count). The van der Waals surface area contributed by atoms with Gasteiger partial charge < -0.3 is 3.79 Å². The predicted molar refractivity (Wildman–Crippen MR) is 55.2 cm³/mol. The SMILES string of the molecule is CCCC[O][Al]([Br])[CH2]C(C)C. The minimum Gasteiger partial charge on any atom is -0.492 e. The Kier molecular flexibility index (Phi) is 8.29. The van der Waals surface area contributed by atoms with Crippen molar-refractivity contribution < 1.29 is 3.79 Å². The van der Waals surface area contributed by atoms with Crippen LogP contribution in [-0.2, 0) is 3.79 Å². The lowest BCUT2D eigenvalue weighted by Crippen LogP contribution is -2.13. The lowest BCUT2D eigenvalue weighted by atomic mass is 10.3. The van der Waals surface area contributed by atoms with Gasteiger partial charge in [0, 0.05) is 6.61 Å². The Hall–Kier alpha value is 0.972. The van der Waals surface area contributed by atoms with E-state index in [2.05, 4.69) is 34.8 Å². The van der Waals surface area contributed by atoms with E-state index in [9.17, 15) is 0 Å². The first-order chi connectivity index (χ1) is 5.16. The highest BCUT2D eigenvalue weighted by molar-refractivity contribution is 9.24. The average molecular weight is 237 g/mol. The molecule has 0 N–H and O–H groups in total.